The highest BCUT2D eigenvalue weighted by atomic mass is 16.1. The van der Waals surface area contributed by atoms with Gasteiger partial charge in [0.05, 0.1) is 0 Å². The zero-order chi connectivity index (χ0) is 9.56. The van der Waals surface area contributed by atoms with Crippen LogP contribution in [0.4, 0.5) is 0 Å². The van der Waals surface area contributed by atoms with Crippen LogP contribution in [0.2, 0.25) is 0 Å². The van der Waals surface area contributed by atoms with E-state index in [0.717, 1.165) is 0 Å². The third kappa shape index (κ3) is 3.01. The molecule has 0 unspecified atom stereocenters. The molecule has 64 valence electrons. The number of allylic oxidation sites excluding steroid dienone is 6. The van der Waals surface area contributed by atoms with Gasteiger partial charge in [-0.25, -0.2) is 0 Å². The summed E-state index contributed by atoms with van der Waals surface area (Å²) in [5.74, 6) is -0.173. The average molecular weight is 163 g/mol. The molecule has 0 bridgehead atoms. The van der Waals surface area contributed by atoms with Crippen LogP contribution < -0.4 is 5.73 Å². The first kappa shape index (κ1) is 10.4. The van der Waals surface area contributed by atoms with Crippen LogP contribution in [0, 0.1) is 0 Å². The molecule has 0 aromatic rings. The Labute approximate surface area is 72.8 Å². The van der Waals surface area contributed by atoms with Crippen molar-refractivity contribution < 1.29 is 4.79 Å². The van der Waals surface area contributed by atoms with Gasteiger partial charge in [0.15, 0.2) is 5.78 Å². The molecule has 0 aromatic heterocycles. The Balaban J connectivity index is 4.81. The Kier molecular flexibility index (Phi) is 4.46. The SMILES string of the molecule is C=C/C=C\C(C(=O)C=C)=C(/C)N. The van der Waals surface area contributed by atoms with Crippen LogP contribution in [0.15, 0.2) is 48.7 Å². The van der Waals surface area contributed by atoms with Crippen molar-refractivity contribution in [2.24, 2.45) is 5.73 Å². The fraction of sp³-hybridized carbons (Fsp3) is 0.100. The summed E-state index contributed by atoms with van der Waals surface area (Å²) in [6.07, 6.45) is 6.10. The van der Waals surface area contributed by atoms with Crippen molar-refractivity contribution in [3.63, 3.8) is 0 Å². The molecule has 0 aliphatic carbocycles. The van der Waals surface area contributed by atoms with Crippen LogP contribution in [0.3, 0.4) is 0 Å². The highest BCUT2D eigenvalue weighted by molar-refractivity contribution is 6.06. The molecular formula is C10H13NO. The van der Waals surface area contributed by atoms with Gasteiger partial charge in [-0.3, -0.25) is 4.79 Å². The van der Waals surface area contributed by atoms with E-state index >= 15 is 0 Å². The van der Waals surface area contributed by atoms with E-state index in [1.54, 1.807) is 25.2 Å². The summed E-state index contributed by atoms with van der Waals surface area (Å²) >= 11 is 0. The van der Waals surface area contributed by atoms with Crippen molar-refractivity contribution in [1.29, 1.82) is 0 Å². The third-order valence-corrected chi connectivity index (χ3v) is 1.27. The van der Waals surface area contributed by atoms with E-state index < -0.39 is 0 Å². The number of carbonyl (C=O) groups excluding carboxylic acids is 1. The molecular weight excluding hydrogens is 150 g/mol. The summed E-state index contributed by atoms with van der Waals surface area (Å²) < 4.78 is 0. The number of carbonyl (C=O) groups is 1. The Bertz CT molecular complexity index is 255. The van der Waals surface area contributed by atoms with Gasteiger partial charge in [0.2, 0.25) is 0 Å². The monoisotopic (exact) mass is 163 g/mol. The van der Waals surface area contributed by atoms with Gasteiger partial charge < -0.3 is 5.73 Å². The number of hydrogen-bond donors (Lipinski definition) is 1. The molecule has 0 rings (SSSR count). The lowest BCUT2D eigenvalue weighted by atomic mass is 10.1. The predicted octanol–water partition coefficient (Wildman–Crippen LogP) is 1.72. The number of hydrogen-bond acceptors (Lipinski definition) is 2. The van der Waals surface area contributed by atoms with Crippen LogP contribution >= 0.6 is 0 Å². The largest absolute Gasteiger partial charge is 0.402 e. The van der Waals surface area contributed by atoms with Gasteiger partial charge in [-0.15, -0.1) is 0 Å². The first-order valence-corrected chi connectivity index (χ1v) is 3.55. The van der Waals surface area contributed by atoms with Gasteiger partial charge >= 0.3 is 0 Å². The molecule has 0 aliphatic heterocycles. The number of rotatable bonds is 4. The van der Waals surface area contributed by atoms with E-state index in [9.17, 15) is 4.79 Å². The molecule has 0 radical (unpaired) electrons. The van der Waals surface area contributed by atoms with Gasteiger partial charge in [0.25, 0.3) is 0 Å². The minimum atomic E-state index is -0.173. The van der Waals surface area contributed by atoms with E-state index in [-0.39, 0.29) is 5.78 Å². The molecule has 2 heteroatoms. The van der Waals surface area contributed by atoms with Crippen LogP contribution in [0.5, 0.6) is 0 Å². The number of ketones is 1. The Hall–Kier alpha value is -1.57. The molecule has 2 N–H and O–H groups in total. The highest BCUT2D eigenvalue weighted by Gasteiger charge is 2.02. The summed E-state index contributed by atoms with van der Waals surface area (Å²) in [6, 6.07) is 0. The fourth-order valence-corrected chi connectivity index (χ4v) is 0.682. The minimum Gasteiger partial charge on any atom is -0.402 e. The maximum atomic E-state index is 11.1. The lowest BCUT2D eigenvalue weighted by Gasteiger charge is -1.98. The lowest BCUT2D eigenvalue weighted by molar-refractivity contribution is -0.111. The quantitative estimate of drug-likeness (QED) is 0.506. The zero-order valence-corrected chi connectivity index (χ0v) is 7.21. The second kappa shape index (κ2) is 5.13. The molecule has 0 fully saturated rings. The molecule has 0 spiro atoms. The van der Waals surface area contributed by atoms with Crippen LogP contribution in [-0.2, 0) is 4.79 Å². The second-order valence-corrected chi connectivity index (χ2v) is 2.26. The summed E-state index contributed by atoms with van der Waals surface area (Å²) in [7, 11) is 0. The van der Waals surface area contributed by atoms with Gasteiger partial charge in [0, 0.05) is 11.3 Å². The molecule has 0 saturated carbocycles. The van der Waals surface area contributed by atoms with Gasteiger partial charge in [-0.2, -0.15) is 0 Å². The smallest absolute Gasteiger partial charge is 0.186 e. The van der Waals surface area contributed by atoms with Crippen LogP contribution in [-0.4, -0.2) is 5.78 Å². The summed E-state index contributed by atoms with van der Waals surface area (Å²) in [5.41, 5.74) is 6.43. The van der Waals surface area contributed by atoms with E-state index in [1.165, 1.54) is 6.08 Å². The van der Waals surface area contributed by atoms with Crippen molar-refractivity contribution in [3.05, 3.63) is 48.7 Å². The molecule has 0 aliphatic rings. The Morgan fingerprint density at radius 3 is 2.33 bits per heavy atom. The molecule has 0 heterocycles. The number of nitrogens with two attached hydrogens (primary N) is 1. The van der Waals surface area contributed by atoms with Crippen molar-refractivity contribution in [2.75, 3.05) is 0 Å². The second-order valence-electron chi connectivity index (χ2n) is 2.26. The summed E-state index contributed by atoms with van der Waals surface area (Å²) in [5, 5.41) is 0. The van der Waals surface area contributed by atoms with Crippen molar-refractivity contribution in [3.8, 4) is 0 Å². The third-order valence-electron chi connectivity index (χ3n) is 1.27. The van der Waals surface area contributed by atoms with E-state index in [1.807, 2.05) is 0 Å². The van der Waals surface area contributed by atoms with E-state index in [2.05, 4.69) is 13.2 Å². The Morgan fingerprint density at radius 1 is 1.42 bits per heavy atom. The first-order chi connectivity index (χ1) is 5.63. The molecule has 0 aromatic carbocycles. The van der Waals surface area contributed by atoms with Gasteiger partial charge in [-0.1, -0.05) is 25.3 Å². The van der Waals surface area contributed by atoms with Crippen molar-refractivity contribution >= 4 is 5.78 Å². The van der Waals surface area contributed by atoms with Crippen molar-refractivity contribution in [2.45, 2.75) is 6.92 Å². The minimum absolute atomic E-state index is 0.173. The van der Waals surface area contributed by atoms with Gasteiger partial charge in [0.1, 0.15) is 0 Å². The van der Waals surface area contributed by atoms with E-state index in [0.29, 0.717) is 11.3 Å². The topological polar surface area (TPSA) is 43.1 Å². The summed E-state index contributed by atoms with van der Waals surface area (Å²) in [4.78, 5) is 11.1. The lowest BCUT2D eigenvalue weighted by Crippen LogP contribution is -2.04. The standard InChI is InChI=1S/C10H13NO/c1-4-6-7-9(8(3)11)10(12)5-2/h4-7H,1-2,11H2,3H3/b7-6-,9-8-. The molecule has 0 atom stereocenters. The molecule has 2 nitrogen and oxygen atoms in total. The zero-order valence-electron chi connectivity index (χ0n) is 7.21. The van der Waals surface area contributed by atoms with Crippen LogP contribution in [0.25, 0.3) is 0 Å². The van der Waals surface area contributed by atoms with Crippen molar-refractivity contribution in [1.82, 2.24) is 0 Å². The summed E-state index contributed by atoms with van der Waals surface area (Å²) in [6.45, 7) is 8.53. The maximum absolute atomic E-state index is 11.1. The Morgan fingerprint density at radius 2 is 2.00 bits per heavy atom. The molecule has 0 saturated heterocycles. The first-order valence-electron chi connectivity index (χ1n) is 3.55. The van der Waals surface area contributed by atoms with E-state index in [4.69, 9.17) is 5.73 Å². The maximum Gasteiger partial charge on any atom is 0.186 e. The highest BCUT2D eigenvalue weighted by Crippen LogP contribution is 2.03. The predicted molar refractivity (Wildman–Crippen MR) is 51.4 cm³/mol. The molecule has 0 amide bonds. The van der Waals surface area contributed by atoms with Crippen LogP contribution in [0.1, 0.15) is 6.92 Å². The van der Waals surface area contributed by atoms with Gasteiger partial charge in [-0.05, 0) is 19.1 Å². The average Bonchev–Trinajstić information content (AvgIpc) is 2.04. The fourth-order valence-electron chi connectivity index (χ4n) is 0.682. The normalized spacial score (nSPS) is 12.4. The molecule has 12 heavy (non-hydrogen) atoms.